The highest BCUT2D eigenvalue weighted by Gasteiger charge is 2.08. The number of halogens is 1. The van der Waals surface area contributed by atoms with E-state index < -0.39 is 5.97 Å². The number of ether oxygens (including phenoxy) is 1. The summed E-state index contributed by atoms with van der Waals surface area (Å²) in [5.41, 5.74) is 4.11. The molecule has 3 aromatic carbocycles. The first kappa shape index (κ1) is 18.5. The maximum atomic E-state index is 12.1. The third-order valence-electron chi connectivity index (χ3n) is 3.54. The van der Waals surface area contributed by atoms with Crippen LogP contribution in [0.25, 0.3) is 0 Å². The third kappa shape index (κ3) is 5.36. The van der Waals surface area contributed by atoms with Gasteiger partial charge in [-0.2, -0.15) is 5.10 Å². The zero-order valence-corrected chi connectivity index (χ0v) is 15.7. The van der Waals surface area contributed by atoms with Gasteiger partial charge in [0.05, 0.1) is 11.8 Å². The number of nitrogens with zero attached hydrogens (tertiary/aromatic N) is 1. The molecule has 0 aromatic heterocycles. The normalized spacial score (nSPS) is 10.6. The van der Waals surface area contributed by atoms with Crippen LogP contribution in [0.3, 0.4) is 0 Å². The number of nitrogens with one attached hydrogen (secondary N) is 1. The van der Waals surface area contributed by atoms with Crippen LogP contribution >= 0.6 is 15.9 Å². The second-order valence-corrected chi connectivity index (χ2v) is 6.45. The number of amides is 1. The first-order valence-electron chi connectivity index (χ1n) is 8.08. The molecule has 0 saturated heterocycles. The lowest BCUT2D eigenvalue weighted by Gasteiger charge is -2.05. The van der Waals surface area contributed by atoms with Gasteiger partial charge in [0.1, 0.15) is 5.75 Å². The van der Waals surface area contributed by atoms with Gasteiger partial charge < -0.3 is 4.74 Å². The van der Waals surface area contributed by atoms with Gasteiger partial charge in [0.25, 0.3) is 5.91 Å². The van der Waals surface area contributed by atoms with Crippen molar-refractivity contribution in [3.05, 3.63) is 100 Å². The molecule has 1 amide bonds. The number of hydrogen-bond acceptors (Lipinski definition) is 4. The van der Waals surface area contributed by atoms with Crippen molar-refractivity contribution in [2.45, 2.75) is 0 Å². The van der Waals surface area contributed by atoms with Crippen molar-refractivity contribution in [1.82, 2.24) is 5.43 Å². The molecule has 3 aromatic rings. The van der Waals surface area contributed by atoms with Gasteiger partial charge in [-0.3, -0.25) is 4.79 Å². The quantitative estimate of drug-likeness (QED) is 0.286. The molecule has 0 unspecified atom stereocenters. The van der Waals surface area contributed by atoms with E-state index in [0.29, 0.717) is 22.4 Å². The first-order chi connectivity index (χ1) is 13.1. The lowest BCUT2D eigenvalue weighted by Crippen LogP contribution is -2.17. The average Bonchev–Trinajstić information content (AvgIpc) is 2.69. The number of carbonyl (C=O) groups excluding carboxylic acids is 2. The number of hydrogen-bond donors (Lipinski definition) is 1. The topological polar surface area (TPSA) is 67.8 Å². The summed E-state index contributed by atoms with van der Waals surface area (Å²) in [5.74, 6) is -0.363. The summed E-state index contributed by atoms with van der Waals surface area (Å²) < 4.78 is 6.17. The van der Waals surface area contributed by atoms with Gasteiger partial charge in [0, 0.05) is 10.0 Å². The Balaban J connectivity index is 1.62. The van der Waals surface area contributed by atoms with Crippen LogP contribution in [0.15, 0.2) is 88.4 Å². The van der Waals surface area contributed by atoms with Gasteiger partial charge in [-0.25, -0.2) is 10.2 Å². The molecule has 6 heteroatoms. The monoisotopic (exact) mass is 422 g/mol. The number of carbonyl (C=O) groups is 2. The number of hydrazone groups is 1. The average molecular weight is 423 g/mol. The second kappa shape index (κ2) is 8.91. The third-order valence-corrected chi connectivity index (χ3v) is 4.04. The highest BCUT2D eigenvalue weighted by atomic mass is 79.9. The van der Waals surface area contributed by atoms with Crippen LogP contribution in [-0.4, -0.2) is 18.1 Å². The molecule has 0 heterocycles. The van der Waals surface area contributed by atoms with Crippen molar-refractivity contribution in [3.8, 4) is 5.75 Å². The van der Waals surface area contributed by atoms with Crippen molar-refractivity contribution in [2.75, 3.05) is 0 Å². The van der Waals surface area contributed by atoms with E-state index in [2.05, 4.69) is 26.5 Å². The van der Waals surface area contributed by atoms with Crippen molar-refractivity contribution in [2.24, 2.45) is 5.10 Å². The molecular weight excluding hydrogens is 408 g/mol. The van der Waals surface area contributed by atoms with Crippen LogP contribution in [0.2, 0.25) is 0 Å². The Bertz CT molecular complexity index is 987. The summed E-state index contributed by atoms with van der Waals surface area (Å²) in [6.45, 7) is 0. The van der Waals surface area contributed by atoms with E-state index in [4.69, 9.17) is 4.74 Å². The molecule has 3 rings (SSSR count). The van der Waals surface area contributed by atoms with Crippen LogP contribution in [0.4, 0.5) is 0 Å². The van der Waals surface area contributed by atoms with E-state index in [0.717, 1.165) is 4.47 Å². The molecule has 0 aliphatic carbocycles. The Morgan fingerprint density at radius 3 is 2.41 bits per heavy atom. The Morgan fingerprint density at radius 1 is 0.889 bits per heavy atom. The Hall–Kier alpha value is -3.25. The van der Waals surface area contributed by atoms with Gasteiger partial charge in [-0.1, -0.05) is 52.3 Å². The summed E-state index contributed by atoms with van der Waals surface area (Å²) in [7, 11) is 0. The molecule has 0 radical (unpaired) electrons. The number of benzene rings is 3. The minimum atomic E-state index is -0.437. The zero-order valence-electron chi connectivity index (χ0n) is 14.1. The fourth-order valence-corrected chi connectivity index (χ4v) is 2.66. The van der Waals surface area contributed by atoms with Crippen molar-refractivity contribution in [3.63, 3.8) is 0 Å². The molecule has 0 bridgehead atoms. The smallest absolute Gasteiger partial charge is 0.343 e. The fraction of sp³-hybridized carbons (Fsp3) is 0. The van der Waals surface area contributed by atoms with Crippen LogP contribution in [0.5, 0.6) is 5.75 Å². The Labute approximate surface area is 164 Å². The summed E-state index contributed by atoms with van der Waals surface area (Å²) in [5, 5.41) is 3.95. The summed E-state index contributed by atoms with van der Waals surface area (Å²) in [4.78, 5) is 24.1. The Morgan fingerprint density at radius 2 is 1.63 bits per heavy atom. The van der Waals surface area contributed by atoms with Gasteiger partial charge in [-0.05, 0) is 48.0 Å². The molecule has 0 atom stereocenters. The van der Waals surface area contributed by atoms with Crippen molar-refractivity contribution < 1.29 is 14.3 Å². The summed E-state index contributed by atoms with van der Waals surface area (Å²) in [6.07, 6.45) is 1.48. The van der Waals surface area contributed by atoms with Crippen LogP contribution in [-0.2, 0) is 0 Å². The largest absolute Gasteiger partial charge is 0.423 e. The highest BCUT2D eigenvalue weighted by Crippen LogP contribution is 2.14. The van der Waals surface area contributed by atoms with Crippen LogP contribution < -0.4 is 10.2 Å². The van der Waals surface area contributed by atoms with Crippen molar-refractivity contribution in [1.29, 1.82) is 0 Å². The van der Waals surface area contributed by atoms with E-state index in [9.17, 15) is 9.59 Å². The van der Waals surface area contributed by atoms with E-state index >= 15 is 0 Å². The highest BCUT2D eigenvalue weighted by molar-refractivity contribution is 9.10. The van der Waals surface area contributed by atoms with E-state index in [1.807, 2.05) is 12.1 Å². The van der Waals surface area contributed by atoms with Gasteiger partial charge >= 0.3 is 5.97 Å². The predicted octanol–water partition coefficient (Wildman–Crippen LogP) is 4.43. The van der Waals surface area contributed by atoms with E-state index in [1.165, 1.54) is 6.21 Å². The SMILES string of the molecule is O=C(NN=Cc1cccc(OC(=O)c2ccccc2)c1)c1cccc(Br)c1. The molecule has 5 nitrogen and oxygen atoms in total. The minimum Gasteiger partial charge on any atom is -0.423 e. The lowest BCUT2D eigenvalue weighted by atomic mass is 10.2. The minimum absolute atomic E-state index is 0.320. The van der Waals surface area contributed by atoms with Crippen molar-refractivity contribution >= 4 is 34.0 Å². The maximum Gasteiger partial charge on any atom is 0.343 e. The number of rotatable bonds is 5. The van der Waals surface area contributed by atoms with Gasteiger partial charge in [0.2, 0.25) is 0 Å². The second-order valence-electron chi connectivity index (χ2n) is 5.54. The van der Waals surface area contributed by atoms with Crippen LogP contribution in [0, 0.1) is 0 Å². The molecule has 134 valence electrons. The Kier molecular flexibility index (Phi) is 6.12. The van der Waals surface area contributed by atoms with Gasteiger partial charge in [0.15, 0.2) is 0 Å². The molecule has 0 spiro atoms. The van der Waals surface area contributed by atoms with Crippen LogP contribution in [0.1, 0.15) is 26.3 Å². The summed E-state index contributed by atoms with van der Waals surface area (Å²) >= 11 is 3.32. The molecule has 0 aliphatic heterocycles. The fourth-order valence-electron chi connectivity index (χ4n) is 2.26. The lowest BCUT2D eigenvalue weighted by molar-refractivity contribution is 0.0734. The standard InChI is InChI=1S/C21H15BrN2O3/c22-18-10-5-9-17(13-18)20(25)24-23-14-15-6-4-11-19(12-15)27-21(26)16-7-2-1-3-8-16/h1-14H,(H,24,25). The molecule has 27 heavy (non-hydrogen) atoms. The van der Waals surface area contributed by atoms with E-state index in [1.54, 1.807) is 66.7 Å². The number of esters is 1. The maximum absolute atomic E-state index is 12.1. The molecule has 0 saturated carbocycles. The molecule has 0 aliphatic rings. The summed E-state index contributed by atoms with van der Waals surface area (Å²) in [6, 6.07) is 22.6. The first-order valence-corrected chi connectivity index (χ1v) is 8.87. The predicted molar refractivity (Wildman–Crippen MR) is 107 cm³/mol. The molecular formula is C21H15BrN2O3. The van der Waals surface area contributed by atoms with E-state index in [-0.39, 0.29) is 5.91 Å². The zero-order chi connectivity index (χ0) is 19.1. The molecule has 1 N–H and O–H groups in total. The van der Waals surface area contributed by atoms with Gasteiger partial charge in [-0.15, -0.1) is 0 Å². The molecule has 0 fully saturated rings.